The summed E-state index contributed by atoms with van der Waals surface area (Å²) in [7, 11) is 1.75. The van der Waals surface area contributed by atoms with Gasteiger partial charge >= 0.3 is 5.97 Å². The SMILES string of the molecule is Cc1ccc(C(=O)Nc2cnc(N(C)C[C@@H]3COCCO3)c(C(=O)O)c2)cc1. The first kappa shape index (κ1) is 19.8. The van der Waals surface area contributed by atoms with Crippen molar-refractivity contribution >= 4 is 23.4 Å². The molecule has 8 nitrogen and oxygen atoms in total. The molecule has 0 saturated carbocycles. The van der Waals surface area contributed by atoms with E-state index in [-0.39, 0.29) is 17.6 Å². The molecule has 1 aliphatic rings. The number of nitrogens with zero attached hydrogens (tertiary/aromatic N) is 2. The van der Waals surface area contributed by atoms with Crippen molar-refractivity contribution in [1.82, 2.24) is 4.98 Å². The monoisotopic (exact) mass is 385 g/mol. The van der Waals surface area contributed by atoms with Crippen LogP contribution in [0.25, 0.3) is 0 Å². The Hall–Kier alpha value is -2.97. The lowest BCUT2D eigenvalue weighted by atomic mass is 10.1. The second-order valence-corrected chi connectivity index (χ2v) is 6.67. The van der Waals surface area contributed by atoms with Crippen LogP contribution in [0.3, 0.4) is 0 Å². The van der Waals surface area contributed by atoms with E-state index in [2.05, 4.69) is 10.3 Å². The molecule has 0 unspecified atom stereocenters. The van der Waals surface area contributed by atoms with Gasteiger partial charge in [0, 0.05) is 19.2 Å². The molecule has 1 aliphatic heterocycles. The molecular weight excluding hydrogens is 362 g/mol. The van der Waals surface area contributed by atoms with Gasteiger partial charge in [0.05, 0.1) is 37.8 Å². The van der Waals surface area contributed by atoms with E-state index < -0.39 is 5.97 Å². The van der Waals surface area contributed by atoms with Crippen LogP contribution in [0.4, 0.5) is 11.5 Å². The third-order valence-electron chi connectivity index (χ3n) is 4.39. The molecule has 2 N–H and O–H groups in total. The van der Waals surface area contributed by atoms with E-state index in [0.29, 0.717) is 43.4 Å². The molecule has 0 radical (unpaired) electrons. The van der Waals surface area contributed by atoms with Crippen molar-refractivity contribution < 1.29 is 24.2 Å². The summed E-state index contributed by atoms with van der Waals surface area (Å²) in [6, 6.07) is 8.51. The number of ether oxygens (including phenoxy) is 2. The van der Waals surface area contributed by atoms with Gasteiger partial charge in [-0.15, -0.1) is 0 Å². The van der Waals surface area contributed by atoms with Gasteiger partial charge in [-0.2, -0.15) is 0 Å². The number of carbonyl (C=O) groups is 2. The highest BCUT2D eigenvalue weighted by Crippen LogP contribution is 2.22. The van der Waals surface area contributed by atoms with Crippen LogP contribution in [0.1, 0.15) is 26.3 Å². The van der Waals surface area contributed by atoms with Crippen molar-refractivity contribution in [2.24, 2.45) is 0 Å². The number of pyridine rings is 1. The van der Waals surface area contributed by atoms with E-state index in [1.54, 1.807) is 24.1 Å². The molecule has 1 aromatic carbocycles. The number of aromatic nitrogens is 1. The van der Waals surface area contributed by atoms with Crippen molar-refractivity contribution in [3.63, 3.8) is 0 Å². The Balaban J connectivity index is 1.75. The maximum Gasteiger partial charge on any atom is 0.339 e. The number of carboxylic acids is 1. The predicted octanol–water partition coefficient (Wildman–Crippen LogP) is 2.19. The van der Waals surface area contributed by atoms with Gasteiger partial charge in [0.25, 0.3) is 5.91 Å². The van der Waals surface area contributed by atoms with E-state index >= 15 is 0 Å². The summed E-state index contributed by atoms with van der Waals surface area (Å²) >= 11 is 0. The molecular formula is C20H23N3O5. The normalized spacial score (nSPS) is 16.4. The van der Waals surface area contributed by atoms with Gasteiger partial charge in [0.1, 0.15) is 11.4 Å². The highest BCUT2D eigenvalue weighted by molar-refractivity contribution is 6.05. The van der Waals surface area contributed by atoms with Crippen molar-refractivity contribution in [3.8, 4) is 0 Å². The fourth-order valence-electron chi connectivity index (χ4n) is 2.93. The largest absolute Gasteiger partial charge is 0.478 e. The van der Waals surface area contributed by atoms with Crippen molar-refractivity contribution in [2.45, 2.75) is 13.0 Å². The number of anilines is 2. The number of aromatic carboxylic acids is 1. The first-order valence-electron chi connectivity index (χ1n) is 8.96. The number of likely N-dealkylation sites (N-methyl/N-ethyl adjacent to an activating group) is 1. The highest BCUT2D eigenvalue weighted by Gasteiger charge is 2.22. The quantitative estimate of drug-likeness (QED) is 0.786. The summed E-state index contributed by atoms with van der Waals surface area (Å²) < 4.78 is 11.0. The Morgan fingerprint density at radius 3 is 2.68 bits per heavy atom. The lowest BCUT2D eigenvalue weighted by Gasteiger charge is -2.28. The minimum atomic E-state index is -1.12. The highest BCUT2D eigenvalue weighted by atomic mass is 16.6. The first-order chi connectivity index (χ1) is 13.4. The summed E-state index contributed by atoms with van der Waals surface area (Å²) in [6.07, 6.45) is 1.30. The van der Waals surface area contributed by atoms with E-state index in [4.69, 9.17) is 9.47 Å². The molecule has 1 atom stereocenters. The molecule has 148 valence electrons. The second-order valence-electron chi connectivity index (χ2n) is 6.67. The Morgan fingerprint density at radius 1 is 1.29 bits per heavy atom. The maximum atomic E-state index is 12.4. The number of hydrogen-bond acceptors (Lipinski definition) is 6. The molecule has 1 aromatic heterocycles. The number of benzene rings is 1. The van der Waals surface area contributed by atoms with Gasteiger partial charge < -0.3 is 24.8 Å². The van der Waals surface area contributed by atoms with Crippen LogP contribution in [-0.2, 0) is 9.47 Å². The zero-order chi connectivity index (χ0) is 20.1. The third-order valence-corrected chi connectivity index (χ3v) is 4.39. The summed E-state index contributed by atoms with van der Waals surface area (Å²) in [5.41, 5.74) is 1.85. The van der Waals surface area contributed by atoms with Crippen molar-refractivity contribution in [1.29, 1.82) is 0 Å². The summed E-state index contributed by atoms with van der Waals surface area (Å²) in [4.78, 5) is 30.1. The van der Waals surface area contributed by atoms with Crippen molar-refractivity contribution in [2.75, 3.05) is 43.6 Å². The molecule has 2 heterocycles. The molecule has 0 aliphatic carbocycles. The van der Waals surface area contributed by atoms with Gasteiger partial charge in [-0.05, 0) is 25.1 Å². The Bertz CT molecular complexity index is 847. The summed E-state index contributed by atoms with van der Waals surface area (Å²) in [5.74, 6) is -1.15. The van der Waals surface area contributed by atoms with Gasteiger partial charge in [-0.1, -0.05) is 17.7 Å². The molecule has 0 bridgehead atoms. The molecule has 28 heavy (non-hydrogen) atoms. The van der Waals surface area contributed by atoms with Crippen LogP contribution >= 0.6 is 0 Å². The average Bonchev–Trinajstić information content (AvgIpc) is 2.69. The Morgan fingerprint density at radius 2 is 2.04 bits per heavy atom. The number of rotatable bonds is 6. The number of nitrogens with one attached hydrogen (secondary N) is 1. The van der Waals surface area contributed by atoms with Gasteiger partial charge in [0.2, 0.25) is 0 Å². The zero-order valence-corrected chi connectivity index (χ0v) is 15.8. The minimum absolute atomic E-state index is 0.000865. The minimum Gasteiger partial charge on any atom is -0.478 e. The summed E-state index contributed by atoms with van der Waals surface area (Å²) in [5, 5.41) is 12.3. The van der Waals surface area contributed by atoms with Crippen molar-refractivity contribution in [3.05, 3.63) is 53.2 Å². The molecule has 8 heteroatoms. The Labute approximate surface area is 163 Å². The lowest BCUT2D eigenvalue weighted by Crippen LogP contribution is -2.39. The molecule has 3 rings (SSSR count). The van der Waals surface area contributed by atoms with E-state index in [1.807, 2.05) is 19.1 Å². The van der Waals surface area contributed by atoms with Gasteiger partial charge in [-0.25, -0.2) is 9.78 Å². The molecule has 1 amide bonds. The summed E-state index contributed by atoms with van der Waals surface area (Å²) in [6.45, 7) is 3.92. The van der Waals surface area contributed by atoms with Crippen LogP contribution in [0, 0.1) is 6.92 Å². The molecule has 2 aromatic rings. The second kappa shape index (κ2) is 8.81. The van der Waals surface area contributed by atoms with Crippen LogP contribution in [-0.4, -0.2) is 61.5 Å². The first-order valence-corrected chi connectivity index (χ1v) is 8.96. The smallest absolute Gasteiger partial charge is 0.339 e. The van der Waals surface area contributed by atoms with Crippen LogP contribution in [0.5, 0.6) is 0 Å². The third kappa shape index (κ3) is 4.85. The molecule has 1 fully saturated rings. The number of aryl methyl sites for hydroxylation is 1. The fourth-order valence-corrected chi connectivity index (χ4v) is 2.93. The predicted molar refractivity (Wildman–Crippen MR) is 104 cm³/mol. The van der Waals surface area contributed by atoms with Gasteiger partial charge in [-0.3, -0.25) is 4.79 Å². The van der Waals surface area contributed by atoms with Crippen LogP contribution < -0.4 is 10.2 Å². The van der Waals surface area contributed by atoms with E-state index in [0.717, 1.165) is 5.56 Å². The van der Waals surface area contributed by atoms with E-state index in [1.165, 1.54) is 12.3 Å². The number of carbonyl (C=O) groups excluding carboxylic acids is 1. The molecule has 1 saturated heterocycles. The van der Waals surface area contributed by atoms with E-state index in [9.17, 15) is 14.7 Å². The number of hydrogen-bond donors (Lipinski definition) is 2. The number of carboxylic acid groups (broad SMARTS) is 1. The van der Waals surface area contributed by atoms with Crippen LogP contribution in [0.15, 0.2) is 36.5 Å². The average molecular weight is 385 g/mol. The molecule has 0 spiro atoms. The Kier molecular flexibility index (Phi) is 6.23. The zero-order valence-electron chi connectivity index (χ0n) is 15.8. The topological polar surface area (TPSA) is 101 Å². The standard InChI is InChI=1S/C20H23N3O5/c1-13-3-5-14(6-4-13)19(24)22-15-9-17(20(25)26)18(21-10-15)23(2)11-16-12-27-7-8-28-16/h3-6,9-10,16H,7-8,11-12H2,1-2H3,(H,22,24)(H,25,26)/t16-/m1/s1. The number of amides is 1. The fraction of sp³-hybridized carbons (Fsp3) is 0.350. The van der Waals surface area contributed by atoms with Crippen LogP contribution in [0.2, 0.25) is 0 Å². The lowest BCUT2D eigenvalue weighted by molar-refractivity contribution is -0.0837. The van der Waals surface area contributed by atoms with Gasteiger partial charge in [0.15, 0.2) is 0 Å². The maximum absolute atomic E-state index is 12.4.